The highest BCUT2D eigenvalue weighted by molar-refractivity contribution is 7.80. The molecule has 3 nitrogen and oxygen atoms in total. The van der Waals surface area contributed by atoms with E-state index in [2.05, 4.69) is 19.2 Å². The Morgan fingerprint density at radius 1 is 1.46 bits per heavy atom. The van der Waals surface area contributed by atoms with Gasteiger partial charge in [-0.3, -0.25) is 9.69 Å². The summed E-state index contributed by atoms with van der Waals surface area (Å²) < 4.78 is 0. The van der Waals surface area contributed by atoms with Crippen molar-refractivity contribution >= 4 is 23.2 Å². The van der Waals surface area contributed by atoms with Crippen LogP contribution in [-0.2, 0) is 4.79 Å². The molecule has 1 unspecified atom stereocenters. The molecule has 13 heavy (non-hydrogen) atoms. The molecule has 0 saturated carbocycles. The van der Waals surface area contributed by atoms with Gasteiger partial charge in [0.2, 0.25) is 5.91 Å². The second kappa shape index (κ2) is 4.05. The minimum Gasteiger partial charge on any atom is -0.362 e. The van der Waals surface area contributed by atoms with Gasteiger partial charge in [0.1, 0.15) is 0 Å². The number of thiocarbonyl (C=S) groups is 1. The Morgan fingerprint density at radius 3 is 2.54 bits per heavy atom. The maximum atomic E-state index is 11.5. The molecule has 1 aliphatic heterocycles. The average Bonchev–Trinajstić information content (AvgIpc) is 2.03. The number of amides is 1. The summed E-state index contributed by atoms with van der Waals surface area (Å²) in [5.74, 6) is 0.576. The van der Waals surface area contributed by atoms with Gasteiger partial charge in [-0.2, -0.15) is 0 Å². The molecule has 1 N–H and O–H groups in total. The summed E-state index contributed by atoms with van der Waals surface area (Å²) in [4.78, 5) is 13.2. The highest BCUT2D eigenvalue weighted by Crippen LogP contribution is 2.14. The summed E-state index contributed by atoms with van der Waals surface area (Å²) >= 11 is 5.09. The van der Waals surface area contributed by atoms with Crippen LogP contribution in [0.15, 0.2) is 0 Å². The first-order valence-electron chi connectivity index (χ1n) is 4.64. The monoisotopic (exact) mass is 200 g/mol. The van der Waals surface area contributed by atoms with Crippen molar-refractivity contribution in [3.05, 3.63) is 0 Å². The van der Waals surface area contributed by atoms with E-state index in [0.29, 0.717) is 24.0 Å². The summed E-state index contributed by atoms with van der Waals surface area (Å²) in [7, 11) is 0. The van der Waals surface area contributed by atoms with Crippen molar-refractivity contribution in [3.8, 4) is 0 Å². The smallest absolute Gasteiger partial charge is 0.230 e. The highest BCUT2D eigenvalue weighted by atomic mass is 32.1. The molecule has 0 aromatic carbocycles. The number of rotatable bonds is 2. The van der Waals surface area contributed by atoms with Crippen LogP contribution in [0, 0.1) is 5.92 Å². The third-order valence-electron chi connectivity index (χ3n) is 2.47. The van der Waals surface area contributed by atoms with E-state index in [0.717, 1.165) is 0 Å². The van der Waals surface area contributed by atoms with Crippen molar-refractivity contribution < 1.29 is 4.79 Å². The van der Waals surface area contributed by atoms with E-state index in [1.165, 1.54) is 0 Å². The molecule has 0 aromatic rings. The van der Waals surface area contributed by atoms with Crippen molar-refractivity contribution in [2.45, 2.75) is 33.2 Å². The van der Waals surface area contributed by atoms with E-state index in [4.69, 9.17) is 12.2 Å². The molecule has 0 spiro atoms. The van der Waals surface area contributed by atoms with Gasteiger partial charge in [0, 0.05) is 19.0 Å². The van der Waals surface area contributed by atoms with Gasteiger partial charge in [0.25, 0.3) is 0 Å². The Morgan fingerprint density at radius 2 is 2.08 bits per heavy atom. The zero-order valence-corrected chi connectivity index (χ0v) is 9.15. The number of hydrogen-bond acceptors (Lipinski definition) is 2. The van der Waals surface area contributed by atoms with Crippen LogP contribution in [0.1, 0.15) is 27.2 Å². The van der Waals surface area contributed by atoms with Gasteiger partial charge in [-0.25, -0.2) is 0 Å². The molecule has 1 aliphatic rings. The van der Waals surface area contributed by atoms with Crippen molar-refractivity contribution in [2.24, 2.45) is 5.92 Å². The quantitative estimate of drug-likeness (QED) is 0.678. The van der Waals surface area contributed by atoms with E-state index in [1.807, 2.05) is 6.92 Å². The minimum atomic E-state index is 0.143. The van der Waals surface area contributed by atoms with Gasteiger partial charge in [-0.05, 0) is 25.1 Å². The maximum Gasteiger partial charge on any atom is 0.230 e. The van der Waals surface area contributed by atoms with Crippen LogP contribution in [0.5, 0.6) is 0 Å². The largest absolute Gasteiger partial charge is 0.362 e. The minimum absolute atomic E-state index is 0.143. The van der Waals surface area contributed by atoms with Crippen LogP contribution < -0.4 is 5.32 Å². The van der Waals surface area contributed by atoms with Gasteiger partial charge in [0.05, 0.1) is 0 Å². The Hall–Kier alpha value is -0.640. The SMILES string of the molecule is CC(C)C(C)N1C(=O)CCNC1=S. The van der Waals surface area contributed by atoms with Crippen LogP contribution in [0.4, 0.5) is 0 Å². The first kappa shape index (κ1) is 10.4. The topological polar surface area (TPSA) is 32.3 Å². The first-order chi connectivity index (χ1) is 6.04. The molecule has 1 saturated heterocycles. The van der Waals surface area contributed by atoms with Crippen LogP contribution >= 0.6 is 12.2 Å². The lowest BCUT2D eigenvalue weighted by Crippen LogP contribution is -2.54. The molecule has 1 amide bonds. The van der Waals surface area contributed by atoms with E-state index in [-0.39, 0.29) is 11.9 Å². The third-order valence-corrected chi connectivity index (χ3v) is 2.82. The fourth-order valence-electron chi connectivity index (χ4n) is 1.31. The number of hydrogen-bond donors (Lipinski definition) is 1. The molecule has 1 fully saturated rings. The predicted octanol–water partition coefficient (Wildman–Crippen LogP) is 1.14. The number of nitrogens with one attached hydrogen (secondary N) is 1. The average molecular weight is 200 g/mol. The van der Waals surface area contributed by atoms with Crippen molar-refractivity contribution in [1.29, 1.82) is 0 Å². The van der Waals surface area contributed by atoms with Gasteiger partial charge in [0.15, 0.2) is 5.11 Å². The lowest BCUT2D eigenvalue weighted by Gasteiger charge is -2.35. The van der Waals surface area contributed by atoms with E-state index >= 15 is 0 Å². The lowest BCUT2D eigenvalue weighted by molar-refractivity contribution is -0.130. The molecule has 1 rings (SSSR count). The number of nitrogens with zero attached hydrogens (tertiary/aromatic N) is 1. The van der Waals surface area contributed by atoms with E-state index in [9.17, 15) is 4.79 Å². The molecular formula is C9H16N2OS. The van der Waals surface area contributed by atoms with Crippen LogP contribution in [0.2, 0.25) is 0 Å². The molecule has 0 aliphatic carbocycles. The zero-order chi connectivity index (χ0) is 10.0. The Balaban J connectivity index is 2.74. The second-order valence-electron chi connectivity index (χ2n) is 3.73. The summed E-state index contributed by atoms with van der Waals surface area (Å²) in [5.41, 5.74) is 0. The molecule has 0 radical (unpaired) electrons. The molecule has 0 bridgehead atoms. The normalized spacial score (nSPS) is 20.5. The highest BCUT2D eigenvalue weighted by Gasteiger charge is 2.28. The van der Waals surface area contributed by atoms with Gasteiger partial charge in [-0.15, -0.1) is 0 Å². The van der Waals surface area contributed by atoms with E-state index < -0.39 is 0 Å². The lowest BCUT2D eigenvalue weighted by atomic mass is 10.0. The van der Waals surface area contributed by atoms with Crippen molar-refractivity contribution in [1.82, 2.24) is 10.2 Å². The predicted molar refractivity (Wildman–Crippen MR) is 56.4 cm³/mol. The second-order valence-corrected chi connectivity index (χ2v) is 4.12. The number of carbonyl (C=O) groups excluding carboxylic acids is 1. The Labute approximate surface area is 84.5 Å². The first-order valence-corrected chi connectivity index (χ1v) is 5.04. The van der Waals surface area contributed by atoms with Gasteiger partial charge >= 0.3 is 0 Å². The van der Waals surface area contributed by atoms with Crippen molar-refractivity contribution in [3.63, 3.8) is 0 Å². The standard InChI is InChI=1S/C9H16N2OS/c1-6(2)7(3)11-8(12)4-5-10-9(11)13/h6-7H,4-5H2,1-3H3,(H,10,13). The molecule has 4 heteroatoms. The Kier molecular flexibility index (Phi) is 3.25. The van der Waals surface area contributed by atoms with Crippen LogP contribution in [0.3, 0.4) is 0 Å². The van der Waals surface area contributed by atoms with Gasteiger partial charge in [-0.1, -0.05) is 13.8 Å². The molecule has 1 atom stereocenters. The molecule has 1 heterocycles. The summed E-state index contributed by atoms with van der Waals surface area (Å²) in [6, 6.07) is 0.188. The zero-order valence-electron chi connectivity index (χ0n) is 8.33. The Bertz CT molecular complexity index is 212. The van der Waals surface area contributed by atoms with E-state index in [1.54, 1.807) is 4.90 Å². The summed E-state index contributed by atoms with van der Waals surface area (Å²) in [6.07, 6.45) is 0.553. The fraction of sp³-hybridized carbons (Fsp3) is 0.778. The summed E-state index contributed by atoms with van der Waals surface area (Å²) in [6.45, 7) is 6.89. The van der Waals surface area contributed by atoms with Gasteiger partial charge < -0.3 is 5.32 Å². The third kappa shape index (κ3) is 2.18. The van der Waals surface area contributed by atoms with Crippen LogP contribution in [-0.4, -0.2) is 28.5 Å². The molecule has 74 valence electrons. The van der Waals surface area contributed by atoms with Crippen molar-refractivity contribution in [2.75, 3.05) is 6.54 Å². The fourth-order valence-corrected chi connectivity index (χ4v) is 1.68. The maximum absolute atomic E-state index is 11.5. The van der Waals surface area contributed by atoms with Crippen LogP contribution in [0.25, 0.3) is 0 Å². The molecular weight excluding hydrogens is 184 g/mol. The number of carbonyl (C=O) groups is 1. The summed E-state index contributed by atoms with van der Waals surface area (Å²) in [5, 5.41) is 3.62. The molecule has 0 aromatic heterocycles.